The molecule has 0 unspecified atom stereocenters. The fourth-order valence-corrected chi connectivity index (χ4v) is 5.86. The first kappa shape index (κ1) is 29.1. The number of thiazole rings is 1. The summed E-state index contributed by atoms with van der Waals surface area (Å²) >= 11 is 1.29. The SMILES string of the molecule is CCOC(=O)C1=C(C)N=c2s/c(=C/c3ccc(OCc4ccc(C)cc4)cc3)c(=O)n2[C@H]1c1ccccc1OC(C)C. The first-order chi connectivity index (χ1) is 20.2. The highest BCUT2D eigenvalue weighted by atomic mass is 32.1. The normalized spacial score (nSPS) is 14.9. The van der Waals surface area contributed by atoms with Gasteiger partial charge in [-0.3, -0.25) is 9.36 Å². The van der Waals surface area contributed by atoms with E-state index in [0.717, 1.165) is 16.9 Å². The number of hydrogen-bond donors (Lipinski definition) is 0. The molecular formula is C34H34N2O5S. The zero-order valence-corrected chi connectivity index (χ0v) is 25.2. The highest BCUT2D eigenvalue weighted by Gasteiger charge is 2.35. The monoisotopic (exact) mass is 582 g/mol. The van der Waals surface area contributed by atoms with Gasteiger partial charge in [-0.2, -0.15) is 0 Å². The van der Waals surface area contributed by atoms with E-state index < -0.39 is 12.0 Å². The number of allylic oxidation sites excluding steroid dienone is 1. The number of rotatable bonds is 9. The molecule has 5 rings (SSSR count). The molecule has 0 amide bonds. The van der Waals surface area contributed by atoms with E-state index in [9.17, 15) is 9.59 Å². The molecule has 0 spiro atoms. The second-order valence-corrected chi connectivity index (χ2v) is 11.4. The molecule has 0 radical (unpaired) electrons. The van der Waals surface area contributed by atoms with E-state index in [-0.39, 0.29) is 18.3 Å². The largest absolute Gasteiger partial charge is 0.491 e. The molecule has 0 saturated carbocycles. The van der Waals surface area contributed by atoms with Crippen LogP contribution in [-0.4, -0.2) is 23.2 Å². The Kier molecular flexibility index (Phi) is 8.73. The van der Waals surface area contributed by atoms with Gasteiger partial charge < -0.3 is 14.2 Å². The summed E-state index contributed by atoms with van der Waals surface area (Å²) in [7, 11) is 0. The second kappa shape index (κ2) is 12.6. The molecule has 0 aliphatic carbocycles. The van der Waals surface area contributed by atoms with Gasteiger partial charge in [0, 0.05) is 5.56 Å². The molecule has 2 heterocycles. The minimum Gasteiger partial charge on any atom is -0.491 e. The molecule has 42 heavy (non-hydrogen) atoms. The fourth-order valence-electron chi connectivity index (χ4n) is 4.82. The van der Waals surface area contributed by atoms with Crippen molar-refractivity contribution in [3.8, 4) is 11.5 Å². The van der Waals surface area contributed by atoms with E-state index in [1.165, 1.54) is 16.9 Å². The zero-order valence-electron chi connectivity index (χ0n) is 24.4. The second-order valence-electron chi connectivity index (χ2n) is 10.4. The van der Waals surface area contributed by atoms with Gasteiger partial charge in [0.2, 0.25) is 0 Å². The Labute approximate surface area is 249 Å². The van der Waals surface area contributed by atoms with Crippen LogP contribution in [0.15, 0.2) is 93.9 Å². The summed E-state index contributed by atoms with van der Waals surface area (Å²) in [5.41, 5.74) is 4.46. The Hall–Kier alpha value is -4.43. The van der Waals surface area contributed by atoms with Gasteiger partial charge in [-0.1, -0.05) is 71.5 Å². The van der Waals surface area contributed by atoms with Gasteiger partial charge in [-0.15, -0.1) is 0 Å². The van der Waals surface area contributed by atoms with Crippen LogP contribution in [0.2, 0.25) is 0 Å². The van der Waals surface area contributed by atoms with E-state index >= 15 is 0 Å². The van der Waals surface area contributed by atoms with Crippen molar-refractivity contribution in [2.75, 3.05) is 6.61 Å². The lowest BCUT2D eigenvalue weighted by Crippen LogP contribution is -2.40. The van der Waals surface area contributed by atoms with Gasteiger partial charge in [0.1, 0.15) is 24.1 Å². The Morgan fingerprint density at radius 3 is 2.43 bits per heavy atom. The highest BCUT2D eigenvalue weighted by molar-refractivity contribution is 7.07. The van der Waals surface area contributed by atoms with Crippen LogP contribution in [0, 0.1) is 6.92 Å². The predicted molar refractivity (Wildman–Crippen MR) is 165 cm³/mol. The molecule has 216 valence electrons. The van der Waals surface area contributed by atoms with Crippen LogP contribution in [0.25, 0.3) is 6.08 Å². The van der Waals surface area contributed by atoms with Crippen LogP contribution >= 0.6 is 11.3 Å². The summed E-state index contributed by atoms with van der Waals surface area (Å²) in [4.78, 5) is 32.4. The number of aromatic nitrogens is 1. The van der Waals surface area contributed by atoms with Gasteiger partial charge in [-0.05, 0) is 70.0 Å². The molecule has 1 aliphatic rings. The van der Waals surface area contributed by atoms with Gasteiger partial charge in [-0.25, -0.2) is 9.79 Å². The highest BCUT2D eigenvalue weighted by Crippen LogP contribution is 2.36. The van der Waals surface area contributed by atoms with Crippen LogP contribution in [0.1, 0.15) is 56.0 Å². The summed E-state index contributed by atoms with van der Waals surface area (Å²) in [5, 5.41) is 0. The van der Waals surface area contributed by atoms with Crippen molar-refractivity contribution in [1.29, 1.82) is 0 Å². The van der Waals surface area contributed by atoms with Crippen molar-refractivity contribution in [1.82, 2.24) is 4.57 Å². The molecule has 0 fully saturated rings. The van der Waals surface area contributed by atoms with Crippen molar-refractivity contribution in [3.05, 3.63) is 126 Å². The maximum atomic E-state index is 14.0. The van der Waals surface area contributed by atoms with Crippen LogP contribution < -0.4 is 24.4 Å². The van der Waals surface area contributed by atoms with Crippen LogP contribution in [0.4, 0.5) is 0 Å². The lowest BCUT2D eigenvalue weighted by molar-refractivity contribution is -0.139. The van der Waals surface area contributed by atoms with E-state index in [1.807, 2.05) is 68.5 Å². The van der Waals surface area contributed by atoms with Gasteiger partial charge in [0.15, 0.2) is 4.80 Å². The van der Waals surface area contributed by atoms with Crippen LogP contribution in [0.3, 0.4) is 0 Å². The van der Waals surface area contributed by atoms with Gasteiger partial charge in [0.05, 0.1) is 28.5 Å². The van der Waals surface area contributed by atoms with E-state index in [1.54, 1.807) is 18.4 Å². The molecular weight excluding hydrogens is 548 g/mol. The molecule has 1 aromatic heterocycles. The lowest BCUT2D eigenvalue weighted by Gasteiger charge is -2.26. The number of carbonyl (C=O) groups is 1. The summed E-state index contributed by atoms with van der Waals surface area (Å²) < 4.78 is 19.6. The zero-order chi connectivity index (χ0) is 29.8. The number of ether oxygens (including phenoxy) is 3. The Morgan fingerprint density at radius 2 is 1.74 bits per heavy atom. The topological polar surface area (TPSA) is 79.1 Å². The molecule has 0 bridgehead atoms. The number of carbonyl (C=O) groups excluding carboxylic acids is 1. The minimum absolute atomic E-state index is 0.0954. The van der Waals surface area contributed by atoms with Crippen LogP contribution in [-0.2, 0) is 16.1 Å². The first-order valence-corrected chi connectivity index (χ1v) is 14.8. The van der Waals surface area contributed by atoms with Crippen LogP contribution in [0.5, 0.6) is 11.5 Å². The number of aryl methyl sites for hydroxylation is 1. The third-order valence-corrected chi connectivity index (χ3v) is 7.78. The number of para-hydroxylation sites is 1. The van der Waals surface area contributed by atoms with Crippen molar-refractivity contribution in [2.45, 2.75) is 53.4 Å². The molecule has 7 nitrogen and oxygen atoms in total. The third-order valence-electron chi connectivity index (χ3n) is 6.80. The summed E-state index contributed by atoms with van der Waals surface area (Å²) in [6, 6.07) is 22.6. The predicted octanol–water partition coefficient (Wildman–Crippen LogP) is 5.47. The van der Waals surface area contributed by atoms with E-state index in [4.69, 9.17) is 14.2 Å². The Bertz CT molecular complexity index is 1800. The number of nitrogens with zero attached hydrogens (tertiary/aromatic N) is 2. The van der Waals surface area contributed by atoms with E-state index in [2.05, 4.69) is 36.2 Å². The third kappa shape index (κ3) is 6.24. The fraction of sp³-hybridized carbons (Fsp3) is 0.265. The Balaban J connectivity index is 1.52. The molecule has 3 aromatic carbocycles. The van der Waals surface area contributed by atoms with E-state index in [0.29, 0.717) is 38.5 Å². The molecule has 8 heteroatoms. The number of benzene rings is 3. The van der Waals surface area contributed by atoms with Crippen molar-refractivity contribution >= 4 is 23.4 Å². The number of fused-ring (bicyclic) bond motifs is 1. The summed E-state index contributed by atoms with van der Waals surface area (Å²) in [6.45, 7) is 10.2. The molecule has 4 aromatic rings. The average Bonchev–Trinajstić information content (AvgIpc) is 3.27. The smallest absolute Gasteiger partial charge is 0.338 e. The van der Waals surface area contributed by atoms with Crippen molar-refractivity contribution in [3.63, 3.8) is 0 Å². The summed E-state index contributed by atoms with van der Waals surface area (Å²) in [6.07, 6.45) is 1.74. The molecule has 1 aliphatic heterocycles. The maximum Gasteiger partial charge on any atom is 0.338 e. The maximum absolute atomic E-state index is 14.0. The average molecular weight is 583 g/mol. The molecule has 1 atom stereocenters. The lowest BCUT2D eigenvalue weighted by atomic mass is 9.95. The van der Waals surface area contributed by atoms with Crippen molar-refractivity contribution < 1.29 is 19.0 Å². The Morgan fingerprint density at radius 1 is 1.02 bits per heavy atom. The molecule has 0 saturated heterocycles. The quantitative estimate of drug-likeness (QED) is 0.245. The first-order valence-electron chi connectivity index (χ1n) is 14.0. The summed E-state index contributed by atoms with van der Waals surface area (Å²) in [5.74, 6) is 0.842. The number of hydrogen-bond acceptors (Lipinski definition) is 7. The standard InChI is InChI=1S/C34H34N2O5S/c1-6-39-33(38)30-23(5)35-34-36(31(30)27-9-7-8-10-28(27)41-21(2)3)32(37)29(42-34)19-24-15-17-26(18-16-24)40-20-25-13-11-22(4)12-14-25/h7-19,21,31H,6,20H2,1-5H3/b29-19+/t31-/m0/s1. The molecule has 0 N–H and O–H groups in total. The van der Waals surface area contributed by atoms with Crippen molar-refractivity contribution in [2.24, 2.45) is 4.99 Å². The van der Waals surface area contributed by atoms with Gasteiger partial charge >= 0.3 is 5.97 Å². The minimum atomic E-state index is -0.741. The van der Waals surface area contributed by atoms with Gasteiger partial charge in [0.25, 0.3) is 5.56 Å². The number of esters is 1.